The lowest BCUT2D eigenvalue weighted by Gasteiger charge is -2.20. The second kappa shape index (κ2) is 10.1. The normalized spacial score (nSPS) is 11.2. The number of amides is 1. The number of non-ortho nitro benzene ring substituents is 1. The van der Waals surface area contributed by atoms with Gasteiger partial charge in [-0.25, -0.2) is 13.2 Å². The van der Waals surface area contributed by atoms with Crippen LogP contribution in [0.15, 0.2) is 47.4 Å². The fourth-order valence-corrected chi connectivity index (χ4v) is 4.53. The van der Waals surface area contributed by atoms with E-state index >= 15 is 0 Å². The molecule has 2 aromatic rings. The first-order chi connectivity index (χ1) is 14.6. The Kier molecular flexibility index (Phi) is 7.83. The number of aryl methyl sites for hydroxylation is 1. The van der Waals surface area contributed by atoms with Crippen LogP contribution in [0, 0.1) is 17.0 Å². The summed E-state index contributed by atoms with van der Waals surface area (Å²) in [6.45, 7) is 4.98. The van der Waals surface area contributed by atoms with E-state index in [1.807, 2.05) is 0 Å². The first-order valence-electron chi connectivity index (χ1n) is 9.42. The minimum absolute atomic E-state index is 0.00769. The van der Waals surface area contributed by atoms with Crippen molar-refractivity contribution in [1.29, 1.82) is 0 Å². The summed E-state index contributed by atoms with van der Waals surface area (Å²) in [6.07, 6.45) is 0. The zero-order valence-electron chi connectivity index (χ0n) is 17.3. The smallest absolute Gasteiger partial charge is 0.338 e. The second-order valence-electron chi connectivity index (χ2n) is 6.50. The van der Waals surface area contributed by atoms with Gasteiger partial charge in [0.05, 0.1) is 15.4 Å². The van der Waals surface area contributed by atoms with Gasteiger partial charge in [0.2, 0.25) is 10.0 Å². The molecule has 0 aliphatic carbocycles. The van der Waals surface area contributed by atoms with Gasteiger partial charge in [0.1, 0.15) is 0 Å². The molecule has 0 spiro atoms. The third-order valence-corrected chi connectivity index (χ3v) is 6.61. The topological polar surface area (TPSA) is 136 Å². The van der Waals surface area contributed by atoms with Crippen molar-refractivity contribution >= 4 is 33.3 Å². The van der Waals surface area contributed by atoms with Crippen molar-refractivity contribution in [2.45, 2.75) is 25.7 Å². The molecule has 11 heteroatoms. The minimum atomic E-state index is -3.78. The number of esters is 1. The quantitative estimate of drug-likeness (QED) is 0.353. The Bertz CT molecular complexity index is 1100. The number of nitro benzene ring substituents is 1. The van der Waals surface area contributed by atoms with Gasteiger partial charge in [0.15, 0.2) is 6.61 Å². The van der Waals surface area contributed by atoms with E-state index in [1.54, 1.807) is 20.8 Å². The van der Waals surface area contributed by atoms with Gasteiger partial charge in [0, 0.05) is 30.9 Å². The lowest BCUT2D eigenvalue weighted by Crippen LogP contribution is -2.31. The van der Waals surface area contributed by atoms with Crippen LogP contribution in [0.4, 0.5) is 11.4 Å². The van der Waals surface area contributed by atoms with Crippen molar-refractivity contribution < 1.29 is 27.7 Å². The Hall–Kier alpha value is -3.31. The Morgan fingerprint density at radius 3 is 2.42 bits per heavy atom. The molecule has 0 atom stereocenters. The van der Waals surface area contributed by atoms with Crippen LogP contribution in [-0.2, 0) is 19.6 Å². The van der Waals surface area contributed by atoms with Crippen molar-refractivity contribution in [2.24, 2.45) is 0 Å². The van der Waals surface area contributed by atoms with Crippen LogP contribution in [0.3, 0.4) is 0 Å². The summed E-state index contributed by atoms with van der Waals surface area (Å²) < 4.78 is 31.8. The lowest BCUT2D eigenvalue weighted by atomic mass is 10.1. The molecular formula is C20H23N3O7S. The highest BCUT2D eigenvalue weighted by molar-refractivity contribution is 7.89. The van der Waals surface area contributed by atoms with Crippen LogP contribution >= 0.6 is 0 Å². The number of carbonyl (C=O) groups excluding carboxylic acids is 2. The van der Waals surface area contributed by atoms with E-state index in [0.29, 0.717) is 5.56 Å². The first-order valence-corrected chi connectivity index (χ1v) is 10.9. The first kappa shape index (κ1) is 24.0. The van der Waals surface area contributed by atoms with Gasteiger partial charge >= 0.3 is 5.97 Å². The minimum Gasteiger partial charge on any atom is -0.452 e. The van der Waals surface area contributed by atoms with Crippen LogP contribution in [0.1, 0.15) is 29.8 Å². The van der Waals surface area contributed by atoms with Crippen LogP contribution in [0.2, 0.25) is 0 Å². The molecule has 0 bridgehead atoms. The Morgan fingerprint density at radius 1 is 1.13 bits per heavy atom. The third-order valence-electron chi connectivity index (χ3n) is 4.42. The molecule has 1 amide bonds. The van der Waals surface area contributed by atoms with Crippen molar-refractivity contribution in [1.82, 2.24) is 4.31 Å². The predicted octanol–water partition coefficient (Wildman–Crippen LogP) is 2.73. The van der Waals surface area contributed by atoms with Gasteiger partial charge in [-0.2, -0.15) is 4.31 Å². The van der Waals surface area contributed by atoms with Crippen LogP contribution < -0.4 is 5.32 Å². The van der Waals surface area contributed by atoms with Gasteiger partial charge in [-0.15, -0.1) is 0 Å². The third kappa shape index (κ3) is 5.86. The molecule has 2 aromatic carbocycles. The summed E-state index contributed by atoms with van der Waals surface area (Å²) in [5.74, 6) is -1.57. The maximum atomic E-state index is 12.8. The Balaban J connectivity index is 2.10. The summed E-state index contributed by atoms with van der Waals surface area (Å²) >= 11 is 0. The van der Waals surface area contributed by atoms with Gasteiger partial charge in [0.25, 0.3) is 11.6 Å². The monoisotopic (exact) mass is 449 g/mol. The molecule has 1 N–H and O–H groups in total. The average Bonchev–Trinajstić information content (AvgIpc) is 2.73. The summed E-state index contributed by atoms with van der Waals surface area (Å²) in [7, 11) is -3.78. The number of anilines is 1. The summed E-state index contributed by atoms with van der Waals surface area (Å²) in [6, 6.07) is 9.44. The van der Waals surface area contributed by atoms with Crippen LogP contribution in [0.25, 0.3) is 0 Å². The molecule has 0 fully saturated rings. The van der Waals surface area contributed by atoms with Crippen LogP contribution in [0.5, 0.6) is 0 Å². The van der Waals surface area contributed by atoms with E-state index in [1.165, 1.54) is 46.8 Å². The molecule has 0 aliphatic heterocycles. The predicted molar refractivity (Wildman–Crippen MR) is 113 cm³/mol. The summed E-state index contributed by atoms with van der Waals surface area (Å²) in [5.41, 5.74) is 0.445. The SMILES string of the molecule is CCN(CC)S(=O)(=O)c1cc(C(=O)OCC(=O)Nc2cccc([N+](=O)[O-])c2)ccc1C. The highest BCUT2D eigenvalue weighted by atomic mass is 32.2. The maximum absolute atomic E-state index is 12.8. The van der Waals surface area contributed by atoms with Crippen molar-refractivity contribution in [3.63, 3.8) is 0 Å². The molecule has 166 valence electrons. The maximum Gasteiger partial charge on any atom is 0.338 e. The van der Waals surface area contributed by atoms with E-state index in [0.717, 1.165) is 0 Å². The van der Waals surface area contributed by atoms with Crippen LogP contribution in [-0.4, -0.2) is 49.2 Å². The van der Waals surface area contributed by atoms with Gasteiger partial charge < -0.3 is 10.1 Å². The zero-order valence-corrected chi connectivity index (χ0v) is 18.1. The van der Waals surface area contributed by atoms with Crippen molar-refractivity contribution in [3.8, 4) is 0 Å². The molecule has 2 rings (SSSR count). The molecule has 10 nitrogen and oxygen atoms in total. The average molecular weight is 449 g/mol. The number of nitrogens with one attached hydrogen (secondary N) is 1. The molecule has 31 heavy (non-hydrogen) atoms. The molecular weight excluding hydrogens is 426 g/mol. The number of hydrogen-bond donors (Lipinski definition) is 1. The Labute approximate surface area is 180 Å². The molecule has 0 saturated carbocycles. The van der Waals surface area contributed by atoms with E-state index in [9.17, 15) is 28.1 Å². The number of benzene rings is 2. The number of nitrogens with zero attached hydrogens (tertiary/aromatic N) is 2. The number of carbonyl (C=O) groups is 2. The van der Waals surface area contributed by atoms with E-state index < -0.39 is 33.4 Å². The Morgan fingerprint density at radius 2 is 1.81 bits per heavy atom. The van der Waals surface area contributed by atoms with E-state index in [-0.39, 0.29) is 34.9 Å². The van der Waals surface area contributed by atoms with Gasteiger partial charge in [-0.05, 0) is 30.7 Å². The molecule has 0 aliphatic rings. The van der Waals surface area contributed by atoms with Gasteiger partial charge in [-0.3, -0.25) is 14.9 Å². The highest BCUT2D eigenvalue weighted by Gasteiger charge is 2.25. The lowest BCUT2D eigenvalue weighted by molar-refractivity contribution is -0.384. The standard InChI is InChI=1S/C20H23N3O7S/c1-4-22(5-2)31(28,29)18-11-15(10-9-14(18)3)20(25)30-13-19(24)21-16-7-6-8-17(12-16)23(26)27/h6-12H,4-5,13H2,1-3H3,(H,21,24). The van der Waals surface area contributed by atoms with Crippen molar-refractivity contribution in [2.75, 3.05) is 25.0 Å². The van der Waals surface area contributed by atoms with E-state index in [4.69, 9.17) is 4.74 Å². The van der Waals surface area contributed by atoms with Crippen molar-refractivity contribution in [3.05, 3.63) is 63.7 Å². The van der Waals surface area contributed by atoms with E-state index in [2.05, 4.69) is 5.32 Å². The zero-order chi connectivity index (χ0) is 23.2. The fraction of sp³-hybridized carbons (Fsp3) is 0.300. The molecule has 0 aromatic heterocycles. The second-order valence-corrected chi connectivity index (χ2v) is 8.41. The summed E-state index contributed by atoms with van der Waals surface area (Å²) in [4.78, 5) is 34.5. The number of rotatable bonds is 9. The number of ether oxygens (including phenoxy) is 1. The number of hydrogen-bond acceptors (Lipinski definition) is 7. The number of sulfonamides is 1. The molecule has 0 heterocycles. The number of nitro groups is 1. The molecule has 0 unspecified atom stereocenters. The summed E-state index contributed by atoms with van der Waals surface area (Å²) in [5, 5.41) is 13.2. The highest BCUT2D eigenvalue weighted by Crippen LogP contribution is 2.22. The van der Waals surface area contributed by atoms with Gasteiger partial charge in [-0.1, -0.05) is 26.0 Å². The molecule has 0 saturated heterocycles. The largest absolute Gasteiger partial charge is 0.452 e. The fourth-order valence-electron chi connectivity index (χ4n) is 2.82. The molecule has 0 radical (unpaired) electrons.